The lowest BCUT2D eigenvalue weighted by atomic mass is 9.95. The van der Waals surface area contributed by atoms with Crippen LogP contribution >= 0.6 is 0 Å². The van der Waals surface area contributed by atoms with E-state index in [1.54, 1.807) is 4.90 Å². The first-order valence-corrected chi connectivity index (χ1v) is 19.8. The number of hydrogen-bond acceptors (Lipinski definition) is 8. The first-order chi connectivity index (χ1) is 23.0. The Morgan fingerprint density at radius 3 is 1.46 bits per heavy atom. The summed E-state index contributed by atoms with van der Waals surface area (Å²) in [7, 11) is 0. The van der Waals surface area contributed by atoms with Crippen molar-refractivity contribution in [3.8, 4) is 0 Å². The van der Waals surface area contributed by atoms with Gasteiger partial charge in [-0.2, -0.15) is 0 Å². The number of nitrogens with zero attached hydrogens (tertiary/aromatic N) is 3. The second-order valence-electron chi connectivity index (χ2n) is 14.9. The maximum Gasteiger partial charge on any atom is 0.410 e. The molecule has 0 bridgehead atoms. The Hall–Kier alpha value is -1.87. The van der Waals surface area contributed by atoms with Crippen LogP contribution in [0.2, 0.25) is 0 Å². The highest BCUT2D eigenvalue weighted by atomic mass is 16.6. The standard InChI is InChI=1S/C39H75N3O6/c1-8-12-16-18-22-34(20-14-10-3)36(43)46-32-30-41(25-24-40-26-28-42(29-27-40)38(45)48-39(5,6)7)31-33-47-37(44)35(21-15-11-4)23-19-17-13-9-2/h34-35H,8-33H2,1-7H3. The first-order valence-electron chi connectivity index (χ1n) is 19.8. The Morgan fingerprint density at radius 1 is 0.604 bits per heavy atom. The summed E-state index contributed by atoms with van der Waals surface area (Å²) in [6.45, 7) is 20.8. The van der Waals surface area contributed by atoms with Crippen LogP contribution in [-0.2, 0) is 23.8 Å². The minimum atomic E-state index is -0.502. The van der Waals surface area contributed by atoms with Gasteiger partial charge in [-0.05, 0) is 46.5 Å². The summed E-state index contributed by atoms with van der Waals surface area (Å²) in [6, 6.07) is 0. The summed E-state index contributed by atoms with van der Waals surface area (Å²) in [4.78, 5) is 45.1. The summed E-state index contributed by atoms with van der Waals surface area (Å²) in [5, 5.41) is 0. The lowest BCUT2D eigenvalue weighted by Gasteiger charge is -2.36. The SMILES string of the molecule is CCCCCCC(CCCC)C(=O)OCCN(CCOC(=O)C(CCCC)CCCCCC)CCN1CCN(C(=O)OC(C)(C)C)CC1. The van der Waals surface area contributed by atoms with Gasteiger partial charge in [-0.1, -0.05) is 105 Å². The van der Waals surface area contributed by atoms with Crippen molar-refractivity contribution in [2.24, 2.45) is 11.8 Å². The minimum Gasteiger partial charge on any atom is -0.464 e. The number of esters is 2. The molecule has 1 rings (SSSR count). The average molecular weight is 682 g/mol. The zero-order chi connectivity index (χ0) is 35.6. The molecular formula is C39H75N3O6. The summed E-state index contributed by atoms with van der Waals surface area (Å²) in [5.74, 6) is -0.164. The Balaban J connectivity index is 2.74. The number of carbonyl (C=O) groups excluding carboxylic acids is 3. The molecule has 9 heteroatoms. The van der Waals surface area contributed by atoms with Crippen LogP contribution in [0.15, 0.2) is 0 Å². The third kappa shape index (κ3) is 21.3. The van der Waals surface area contributed by atoms with E-state index in [0.717, 1.165) is 90.4 Å². The highest BCUT2D eigenvalue weighted by molar-refractivity contribution is 5.72. The molecule has 2 atom stereocenters. The molecule has 1 heterocycles. The highest BCUT2D eigenvalue weighted by Gasteiger charge is 2.26. The molecule has 1 aliphatic heterocycles. The van der Waals surface area contributed by atoms with Crippen LogP contribution in [-0.4, -0.2) is 104 Å². The molecule has 1 fully saturated rings. The molecular weight excluding hydrogens is 606 g/mol. The molecule has 1 amide bonds. The maximum absolute atomic E-state index is 13.1. The van der Waals surface area contributed by atoms with Crippen molar-refractivity contribution in [1.29, 1.82) is 0 Å². The monoisotopic (exact) mass is 682 g/mol. The van der Waals surface area contributed by atoms with E-state index in [0.29, 0.717) is 39.4 Å². The zero-order valence-electron chi connectivity index (χ0n) is 32.3. The third-order valence-electron chi connectivity index (χ3n) is 9.35. The third-order valence-corrected chi connectivity index (χ3v) is 9.35. The summed E-state index contributed by atoms with van der Waals surface area (Å²) in [6.07, 6.45) is 16.9. The molecule has 282 valence electrons. The predicted octanol–water partition coefficient (Wildman–Crippen LogP) is 8.48. The van der Waals surface area contributed by atoms with E-state index in [4.69, 9.17) is 14.2 Å². The molecule has 0 aliphatic carbocycles. The van der Waals surface area contributed by atoms with Crippen LogP contribution in [0.4, 0.5) is 4.79 Å². The Kier molecular flexibility index (Phi) is 24.8. The molecule has 0 spiro atoms. The van der Waals surface area contributed by atoms with E-state index in [1.807, 2.05) is 20.8 Å². The van der Waals surface area contributed by atoms with Gasteiger partial charge in [0.25, 0.3) is 0 Å². The fourth-order valence-electron chi connectivity index (χ4n) is 6.18. The molecule has 0 radical (unpaired) electrons. The van der Waals surface area contributed by atoms with Gasteiger partial charge in [0.15, 0.2) is 0 Å². The van der Waals surface area contributed by atoms with E-state index >= 15 is 0 Å². The molecule has 1 aliphatic rings. The number of carbonyl (C=O) groups is 3. The van der Waals surface area contributed by atoms with Crippen LogP contribution in [0.5, 0.6) is 0 Å². The van der Waals surface area contributed by atoms with Gasteiger partial charge in [0.1, 0.15) is 18.8 Å². The second kappa shape index (κ2) is 26.9. The van der Waals surface area contributed by atoms with Gasteiger partial charge in [0.2, 0.25) is 0 Å². The van der Waals surface area contributed by atoms with E-state index in [2.05, 4.69) is 37.5 Å². The fourth-order valence-corrected chi connectivity index (χ4v) is 6.18. The smallest absolute Gasteiger partial charge is 0.410 e. The molecule has 48 heavy (non-hydrogen) atoms. The lowest BCUT2D eigenvalue weighted by molar-refractivity contribution is -0.150. The fraction of sp³-hybridized carbons (Fsp3) is 0.923. The Labute approximate surface area is 295 Å². The number of rotatable bonds is 27. The topological polar surface area (TPSA) is 88.6 Å². The summed E-state index contributed by atoms with van der Waals surface area (Å²) in [5.41, 5.74) is -0.502. The molecule has 0 aromatic heterocycles. The average Bonchev–Trinajstić information content (AvgIpc) is 3.05. The second-order valence-corrected chi connectivity index (χ2v) is 14.9. The molecule has 1 saturated heterocycles. The van der Waals surface area contributed by atoms with Crippen molar-refractivity contribution in [1.82, 2.24) is 14.7 Å². The lowest BCUT2D eigenvalue weighted by Crippen LogP contribution is -2.51. The number of hydrogen-bond donors (Lipinski definition) is 0. The molecule has 0 saturated carbocycles. The first kappa shape index (κ1) is 44.2. The van der Waals surface area contributed by atoms with Gasteiger partial charge in [0.05, 0.1) is 11.8 Å². The quantitative estimate of drug-likeness (QED) is 0.0485. The highest BCUT2D eigenvalue weighted by Crippen LogP contribution is 2.20. The summed E-state index contributed by atoms with van der Waals surface area (Å²) < 4.78 is 17.3. The van der Waals surface area contributed by atoms with Crippen LogP contribution in [0.25, 0.3) is 0 Å². The van der Waals surface area contributed by atoms with Crippen LogP contribution in [0.3, 0.4) is 0 Å². The van der Waals surface area contributed by atoms with Crippen molar-refractivity contribution in [3.63, 3.8) is 0 Å². The molecule has 0 aromatic carbocycles. The van der Waals surface area contributed by atoms with Gasteiger partial charge < -0.3 is 19.1 Å². The number of amides is 1. The number of ether oxygens (including phenoxy) is 3. The number of piperazine rings is 1. The van der Waals surface area contributed by atoms with Gasteiger partial charge in [-0.25, -0.2) is 4.79 Å². The van der Waals surface area contributed by atoms with E-state index < -0.39 is 5.60 Å². The van der Waals surface area contributed by atoms with E-state index in [-0.39, 0.29) is 29.9 Å². The predicted molar refractivity (Wildman–Crippen MR) is 196 cm³/mol. The molecule has 2 unspecified atom stereocenters. The van der Waals surface area contributed by atoms with Crippen molar-refractivity contribution in [2.75, 3.05) is 65.6 Å². The van der Waals surface area contributed by atoms with Crippen LogP contribution in [0.1, 0.15) is 151 Å². The van der Waals surface area contributed by atoms with Crippen molar-refractivity contribution in [3.05, 3.63) is 0 Å². The number of unbranched alkanes of at least 4 members (excludes halogenated alkanes) is 8. The van der Waals surface area contributed by atoms with Gasteiger partial charge in [-0.3, -0.25) is 19.4 Å². The van der Waals surface area contributed by atoms with Crippen molar-refractivity contribution < 1.29 is 28.6 Å². The van der Waals surface area contributed by atoms with Crippen LogP contribution in [0, 0.1) is 11.8 Å². The van der Waals surface area contributed by atoms with Crippen molar-refractivity contribution in [2.45, 2.75) is 157 Å². The van der Waals surface area contributed by atoms with Gasteiger partial charge in [0, 0.05) is 52.4 Å². The van der Waals surface area contributed by atoms with Gasteiger partial charge >= 0.3 is 18.0 Å². The molecule has 0 N–H and O–H groups in total. The minimum absolute atomic E-state index is 0.0186. The molecule has 0 aromatic rings. The largest absolute Gasteiger partial charge is 0.464 e. The summed E-state index contributed by atoms with van der Waals surface area (Å²) >= 11 is 0. The Bertz CT molecular complexity index is 798. The molecule has 9 nitrogen and oxygen atoms in total. The maximum atomic E-state index is 13.1. The van der Waals surface area contributed by atoms with E-state index in [1.165, 1.54) is 38.5 Å². The van der Waals surface area contributed by atoms with Crippen LogP contribution < -0.4 is 0 Å². The normalized spacial score (nSPS) is 15.4. The Morgan fingerprint density at radius 2 is 1.04 bits per heavy atom. The van der Waals surface area contributed by atoms with Gasteiger partial charge in [-0.15, -0.1) is 0 Å². The zero-order valence-corrected chi connectivity index (χ0v) is 32.3. The van der Waals surface area contributed by atoms with E-state index in [9.17, 15) is 14.4 Å². The van der Waals surface area contributed by atoms with Crippen molar-refractivity contribution >= 4 is 18.0 Å².